The summed E-state index contributed by atoms with van der Waals surface area (Å²) in [7, 11) is -8.30. The molecule has 0 aromatic heterocycles. The van der Waals surface area contributed by atoms with Crippen LogP contribution >= 0.6 is 0 Å². The molecule has 2 aromatic rings. The first kappa shape index (κ1) is 26.7. The molecule has 0 spiro atoms. The van der Waals surface area contributed by atoms with Gasteiger partial charge in [0.25, 0.3) is 0 Å². The first-order valence-electron chi connectivity index (χ1n) is 11.3. The van der Waals surface area contributed by atoms with Gasteiger partial charge in [0.15, 0.2) is 33.3 Å². The van der Waals surface area contributed by atoms with Crippen molar-refractivity contribution in [2.24, 2.45) is 0 Å². The van der Waals surface area contributed by atoms with E-state index in [4.69, 9.17) is 8.23 Å². The van der Waals surface area contributed by atoms with Gasteiger partial charge in [-0.25, -0.2) is 0 Å². The zero-order valence-corrected chi connectivity index (χ0v) is 25.1. The molecule has 0 fully saturated rings. The summed E-state index contributed by atoms with van der Waals surface area (Å²) in [6.07, 6.45) is 4.39. The topological polar surface area (TPSA) is 18.5 Å². The van der Waals surface area contributed by atoms with Crippen LogP contribution in [0.5, 0.6) is 0 Å². The lowest BCUT2D eigenvalue weighted by molar-refractivity contribution is 0.551. The van der Waals surface area contributed by atoms with Crippen molar-refractivity contribution in [2.75, 3.05) is 0 Å². The molecule has 0 atom stereocenters. The van der Waals surface area contributed by atoms with Crippen LogP contribution in [0.3, 0.4) is 0 Å². The smallest absolute Gasteiger partial charge is 0.199 e. The first-order valence-corrected chi connectivity index (χ1v) is 23.1. The summed E-state index contributed by atoms with van der Waals surface area (Å²) >= 11 is 0. The summed E-state index contributed by atoms with van der Waals surface area (Å²) in [5.74, 6) is 0. The van der Waals surface area contributed by atoms with Crippen molar-refractivity contribution in [1.29, 1.82) is 0 Å². The van der Waals surface area contributed by atoms with Crippen molar-refractivity contribution in [2.45, 2.75) is 52.4 Å². The summed E-state index contributed by atoms with van der Waals surface area (Å²) in [6, 6.07) is 20.9. The third kappa shape index (κ3) is 8.42. The van der Waals surface area contributed by atoms with E-state index in [0.717, 1.165) is 0 Å². The summed E-state index contributed by atoms with van der Waals surface area (Å²) in [6.45, 7) is 22.8. The zero-order chi connectivity index (χ0) is 24.0. The van der Waals surface area contributed by atoms with Crippen LogP contribution in [-0.4, -0.2) is 33.3 Å². The van der Waals surface area contributed by atoms with Crippen LogP contribution in [0.1, 0.15) is 11.1 Å². The van der Waals surface area contributed by atoms with E-state index in [-0.39, 0.29) is 0 Å². The quantitative estimate of drug-likeness (QED) is 0.310. The van der Waals surface area contributed by atoms with E-state index in [9.17, 15) is 0 Å². The fourth-order valence-corrected chi connectivity index (χ4v) is 23.9. The van der Waals surface area contributed by atoms with E-state index in [1.165, 1.54) is 15.9 Å². The molecule has 6 heteroatoms. The van der Waals surface area contributed by atoms with Crippen molar-refractivity contribution in [1.82, 2.24) is 0 Å². The van der Waals surface area contributed by atoms with Gasteiger partial charge in [-0.15, -0.1) is 6.58 Å². The third-order valence-corrected chi connectivity index (χ3v) is 22.2. The lowest BCUT2D eigenvalue weighted by atomic mass is 10.2. The molecule has 2 nitrogen and oxygen atoms in total. The van der Waals surface area contributed by atoms with Gasteiger partial charge in [0.1, 0.15) is 0 Å². The van der Waals surface area contributed by atoms with Crippen LogP contribution in [0, 0.1) is 0 Å². The Balaban J connectivity index is 2.10. The van der Waals surface area contributed by atoms with Crippen molar-refractivity contribution in [3.05, 3.63) is 94.6 Å². The van der Waals surface area contributed by atoms with Gasteiger partial charge in [0, 0.05) is 0 Å². The molecule has 0 saturated heterocycles. The lowest BCUT2D eigenvalue weighted by Gasteiger charge is -2.41. The fourth-order valence-electron chi connectivity index (χ4n) is 3.95. The highest BCUT2D eigenvalue weighted by Gasteiger charge is 2.44. The Morgan fingerprint density at radius 2 is 0.906 bits per heavy atom. The Hall–Kier alpha value is -1.55. The number of hydrogen-bond acceptors (Lipinski definition) is 2. The molecule has 0 bridgehead atoms. The normalized spacial score (nSPS) is 13.8. The zero-order valence-electron chi connectivity index (χ0n) is 21.1. The Morgan fingerprint density at radius 1 is 0.594 bits per heavy atom. The van der Waals surface area contributed by atoms with E-state index >= 15 is 0 Å². The fraction of sp³-hybridized carbons (Fsp3) is 0.308. The highest BCUT2D eigenvalue weighted by atomic mass is 28.5. The predicted octanol–water partition coefficient (Wildman–Crippen LogP) is 7.98. The van der Waals surface area contributed by atoms with Crippen LogP contribution < -0.4 is 0 Å². The molecule has 2 aromatic carbocycles. The lowest BCUT2D eigenvalue weighted by Crippen LogP contribution is -2.55. The van der Waals surface area contributed by atoms with Crippen molar-refractivity contribution >= 4 is 45.4 Å². The minimum absolute atomic E-state index is 1.21. The Morgan fingerprint density at radius 3 is 1.22 bits per heavy atom. The van der Waals surface area contributed by atoms with E-state index in [1.807, 2.05) is 12.1 Å². The number of rotatable bonds is 10. The van der Waals surface area contributed by atoms with Gasteiger partial charge in [0.05, 0.1) is 0 Å². The van der Waals surface area contributed by atoms with Crippen LogP contribution in [0.4, 0.5) is 0 Å². The minimum atomic E-state index is -2.15. The van der Waals surface area contributed by atoms with Gasteiger partial charge < -0.3 is 8.23 Å². The largest absolute Gasteiger partial charge is 0.449 e. The van der Waals surface area contributed by atoms with Crippen LogP contribution in [0.25, 0.3) is 12.2 Å². The number of benzene rings is 2. The van der Waals surface area contributed by atoms with E-state index in [0.29, 0.717) is 0 Å². The van der Waals surface area contributed by atoms with E-state index in [2.05, 4.69) is 131 Å². The second-order valence-electron chi connectivity index (χ2n) is 10.4. The molecule has 32 heavy (non-hydrogen) atoms. The summed E-state index contributed by atoms with van der Waals surface area (Å²) < 4.78 is 13.8. The SMILES string of the molecule is C=C([Si](C)(C)O[Si](C)(C)/C=C/c1ccccc1)[Si](C)(C)O[Si](C)(C)/C=C/c1ccccc1. The Kier molecular flexibility index (Phi) is 8.83. The Bertz CT molecular complexity index is 869. The first-order chi connectivity index (χ1) is 14.7. The third-order valence-electron chi connectivity index (χ3n) is 5.44. The van der Waals surface area contributed by atoms with Crippen molar-refractivity contribution in [3.63, 3.8) is 0 Å². The van der Waals surface area contributed by atoms with E-state index in [1.54, 1.807) is 0 Å². The maximum absolute atomic E-state index is 6.88. The molecule has 0 N–H and O–H groups in total. The molecule has 2 rings (SSSR count). The molecule has 0 unspecified atom stereocenters. The van der Waals surface area contributed by atoms with Crippen molar-refractivity contribution < 1.29 is 8.23 Å². The number of hydrogen-bond donors (Lipinski definition) is 0. The summed E-state index contributed by atoms with van der Waals surface area (Å²) in [5.41, 5.74) is 7.01. The summed E-state index contributed by atoms with van der Waals surface area (Å²) in [5, 5.41) is 0. The molecular formula is C26H40O2Si4. The van der Waals surface area contributed by atoms with Gasteiger partial charge in [-0.2, -0.15) is 0 Å². The standard InChI is InChI=1S/C26H40O2Si4/c1-24(31(6,7)27-29(2,3)22-20-25-16-12-10-13-17-25)32(8,9)28-30(4,5)23-21-26-18-14-11-15-19-26/h10-23H,1H2,2-9H3/b22-20+,23-21+. The predicted molar refractivity (Wildman–Crippen MR) is 152 cm³/mol. The highest BCUT2D eigenvalue weighted by Crippen LogP contribution is 2.31. The van der Waals surface area contributed by atoms with Gasteiger partial charge in [-0.3, -0.25) is 0 Å². The van der Waals surface area contributed by atoms with Crippen LogP contribution in [-0.2, 0) is 8.23 Å². The Labute approximate surface area is 200 Å². The highest BCUT2D eigenvalue weighted by molar-refractivity contribution is 7.06. The molecule has 0 amide bonds. The average molecular weight is 497 g/mol. The molecule has 0 aliphatic rings. The second-order valence-corrected chi connectivity index (χ2v) is 26.9. The molecule has 0 aliphatic carbocycles. The maximum Gasteiger partial charge on any atom is 0.199 e. The maximum atomic E-state index is 6.88. The minimum Gasteiger partial charge on any atom is -0.449 e. The van der Waals surface area contributed by atoms with Gasteiger partial charge in [-0.05, 0) is 68.3 Å². The second kappa shape index (κ2) is 10.6. The van der Waals surface area contributed by atoms with Gasteiger partial charge >= 0.3 is 0 Å². The van der Waals surface area contributed by atoms with Gasteiger partial charge in [-0.1, -0.05) is 84.2 Å². The molecule has 0 radical (unpaired) electrons. The van der Waals surface area contributed by atoms with Crippen molar-refractivity contribution in [3.8, 4) is 0 Å². The molecule has 0 aliphatic heterocycles. The molecule has 0 saturated carbocycles. The van der Waals surface area contributed by atoms with Crippen LogP contribution in [0.2, 0.25) is 52.4 Å². The van der Waals surface area contributed by atoms with E-state index < -0.39 is 33.3 Å². The summed E-state index contributed by atoms with van der Waals surface area (Å²) in [4.78, 5) is 1.24. The monoisotopic (exact) mass is 496 g/mol. The average Bonchev–Trinajstić information content (AvgIpc) is 2.70. The van der Waals surface area contributed by atoms with Crippen LogP contribution in [0.15, 0.2) is 83.5 Å². The molecule has 172 valence electrons. The molecular weight excluding hydrogens is 457 g/mol. The molecule has 0 heterocycles. The van der Waals surface area contributed by atoms with Gasteiger partial charge in [0.2, 0.25) is 0 Å².